The van der Waals surface area contributed by atoms with E-state index >= 15 is 0 Å². The molecule has 0 radical (unpaired) electrons. The molecule has 1 aliphatic rings. The number of nitrogens with zero attached hydrogens (tertiary/aromatic N) is 4. The summed E-state index contributed by atoms with van der Waals surface area (Å²) >= 11 is 0. The SMILES string of the molecule is CC(C)(C)c1cc(-c2ccccc2)cc(N2[CH-]N(c3[c-]c(Oc4[c-]c5c(cc4)c4ccccc4n5-c4cc(C(C)(C)C)ccn4)ccc3)C=C2C(C)(C)c2ccccc2)c1.[Pt]. The Morgan fingerprint density at radius 2 is 1.26 bits per heavy atom. The van der Waals surface area contributed by atoms with Gasteiger partial charge in [-0.05, 0) is 80.6 Å². The van der Waals surface area contributed by atoms with Crippen LogP contribution in [0.25, 0.3) is 38.8 Å². The third-order valence-corrected chi connectivity index (χ3v) is 11.7. The number of ether oxygens (including phenoxy) is 1. The van der Waals surface area contributed by atoms with Gasteiger partial charge < -0.3 is 19.1 Å². The summed E-state index contributed by atoms with van der Waals surface area (Å²) in [6, 6.07) is 58.5. The van der Waals surface area contributed by atoms with E-state index < -0.39 is 0 Å². The molecule has 0 atom stereocenters. The predicted molar refractivity (Wildman–Crippen MR) is 249 cm³/mol. The van der Waals surface area contributed by atoms with Crippen molar-refractivity contribution in [2.45, 2.75) is 71.6 Å². The van der Waals surface area contributed by atoms with Crippen molar-refractivity contribution in [1.29, 1.82) is 0 Å². The van der Waals surface area contributed by atoms with Crippen LogP contribution in [-0.2, 0) is 37.3 Å². The van der Waals surface area contributed by atoms with E-state index in [1.165, 1.54) is 27.8 Å². The quantitative estimate of drug-likeness (QED) is 0.142. The number of allylic oxidation sites excluding steroid dienone is 1. The van der Waals surface area contributed by atoms with Gasteiger partial charge in [0.2, 0.25) is 0 Å². The molecule has 0 fully saturated rings. The third kappa shape index (κ3) is 8.17. The van der Waals surface area contributed by atoms with Crippen molar-refractivity contribution in [3.8, 4) is 28.4 Å². The van der Waals surface area contributed by atoms with E-state index in [1.54, 1.807) is 0 Å². The van der Waals surface area contributed by atoms with Crippen molar-refractivity contribution in [3.63, 3.8) is 0 Å². The number of fused-ring (bicyclic) bond motifs is 3. The first kappa shape index (κ1) is 41.8. The average molecular weight is 979 g/mol. The summed E-state index contributed by atoms with van der Waals surface area (Å²) in [5.41, 5.74) is 10.8. The van der Waals surface area contributed by atoms with Gasteiger partial charge in [-0.15, -0.1) is 48.1 Å². The van der Waals surface area contributed by atoms with Crippen molar-refractivity contribution < 1.29 is 25.8 Å². The first-order valence-electron chi connectivity index (χ1n) is 20.8. The molecule has 0 unspecified atom stereocenters. The van der Waals surface area contributed by atoms with Gasteiger partial charge in [-0.3, -0.25) is 0 Å². The van der Waals surface area contributed by atoms with E-state index in [4.69, 9.17) is 9.72 Å². The average Bonchev–Trinajstić information content (AvgIpc) is 3.85. The van der Waals surface area contributed by atoms with Gasteiger partial charge in [-0.1, -0.05) is 146 Å². The molecule has 0 amide bonds. The Morgan fingerprint density at radius 1 is 0.574 bits per heavy atom. The van der Waals surface area contributed by atoms with Gasteiger partial charge in [0.05, 0.1) is 0 Å². The van der Waals surface area contributed by atoms with Crippen molar-refractivity contribution in [2.75, 3.05) is 9.80 Å². The Bertz CT molecular complexity index is 2880. The number of hydrogen-bond acceptors (Lipinski definition) is 4. The molecule has 1 aliphatic heterocycles. The molecule has 5 nitrogen and oxygen atoms in total. The normalized spacial score (nSPS) is 13.4. The zero-order valence-corrected chi connectivity index (χ0v) is 38.4. The minimum Gasteiger partial charge on any atom is -0.509 e. The molecule has 9 rings (SSSR count). The number of benzene rings is 6. The molecule has 310 valence electrons. The second-order valence-electron chi connectivity index (χ2n) is 18.4. The van der Waals surface area contributed by atoms with Gasteiger partial charge in [0.1, 0.15) is 5.82 Å². The Morgan fingerprint density at radius 3 is 2.00 bits per heavy atom. The van der Waals surface area contributed by atoms with Gasteiger partial charge >= 0.3 is 0 Å². The molecular weight excluding hydrogens is 928 g/mol. The summed E-state index contributed by atoms with van der Waals surface area (Å²) in [7, 11) is 0. The van der Waals surface area contributed by atoms with Crippen molar-refractivity contribution >= 4 is 33.2 Å². The molecule has 6 heteroatoms. The fourth-order valence-electron chi connectivity index (χ4n) is 8.14. The first-order valence-corrected chi connectivity index (χ1v) is 20.8. The summed E-state index contributed by atoms with van der Waals surface area (Å²) in [6.45, 7) is 20.3. The number of aromatic nitrogens is 2. The summed E-state index contributed by atoms with van der Waals surface area (Å²) in [5, 5.41) is 2.24. The number of hydrogen-bond donors (Lipinski definition) is 0. The summed E-state index contributed by atoms with van der Waals surface area (Å²) < 4.78 is 8.82. The van der Waals surface area contributed by atoms with Crippen LogP contribution < -0.4 is 14.5 Å². The molecule has 0 saturated heterocycles. The van der Waals surface area contributed by atoms with E-state index in [1.807, 2.05) is 24.4 Å². The van der Waals surface area contributed by atoms with Gasteiger partial charge in [0.25, 0.3) is 0 Å². The molecule has 8 aromatic rings. The monoisotopic (exact) mass is 978 g/mol. The Hall–Kier alpha value is -5.90. The van der Waals surface area contributed by atoms with Gasteiger partial charge in [0, 0.05) is 61.1 Å². The molecule has 61 heavy (non-hydrogen) atoms. The number of rotatable bonds is 8. The first-order chi connectivity index (χ1) is 28.7. The number of pyridine rings is 1. The molecule has 2 aromatic heterocycles. The van der Waals surface area contributed by atoms with Crippen LogP contribution in [0, 0.1) is 18.8 Å². The minimum atomic E-state index is -0.338. The Balaban J connectivity index is 0.00000514. The van der Waals surface area contributed by atoms with Crippen LogP contribution in [0.3, 0.4) is 0 Å². The van der Waals surface area contributed by atoms with Crippen LogP contribution in [0.2, 0.25) is 0 Å². The standard InChI is InChI=1S/C55H51N4O.Pt/c1-53(2,3)41-28-29-56-52(33-41)59-49-25-16-15-24-47(49)48-27-26-46(35-50(48)59)60-45-23-17-22-43(34-45)57-36-51(55(7,8)40-20-13-10-14-21-40)58(37-57)44-31-39(38-18-11-9-12-19-38)30-42(32-44)54(4,5)6;/h9-33,36-37H,1-8H3;/q-3;. The molecule has 0 bridgehead atoms. The van der Waals surface area contributed by atoms with Crippen LogP contribution in [0.4, 0.5) is 11.4 Å². The molecule has 0 N–H and O–H groups in total. The molecular formula is C55H51N4OPt-3. The van der Waals surface area contributed by atoms with E-state index in [2.05, 4.69) is 222 Å². The molecule has 0 aliphatic carbocycles. The Kier molecular flexibility index (Phi) is 11.1. The minimum absolute atomic E-state index is 0. The van der Waals surface area contributed by atoms with Crippen LogP contribution in [0.1, 0.15) is 72.1 Å². The topological polar surface area (TPSA) is 33.5 Å². The molecule has 6 aromatic carbocycles. The van der Waals surface area contributed by atoms with Crippen LogP contribution in [0.5, 0.6) is 11.5 Å². The number of anilines is 2. The van der Waals surface area contributed by atoms with Crippen LogP contribution >= 0.6 is 0 Å². The second kappa shape index (κ2) is 16.2. The van der Waals surface area contributed by atoms with Crippen molar-refractivity contribution in [3.05, 3.63) is 199 Å². The molecule has 0 spiro atoms. The third-order valence-electron chi connectivity index (χ3n) is 11.7. The maximum Gasteiger partial charge on any atom is 0.135 e. The Labute approximate surface area is 375 Å². The summed E-state index contributed by atoms with van der Waals surface area (Å²) in [5.74, 6) is 2.06. The van der Waals surface area contributed by atoms with Crippen LogP contribution in [0.15, 0.2) is 164 Å². The van der Waals surface area contributed by atoms with Crippen molar-refractivity contribution in [2.24, 2.45) is 0 Å². The van der Waals surface area contributed by atoms with E-state index in [-0.39, 0.29) is 37.3 Å². The number of para-hydroxylation sites is 1. The van der Waals surface area contributed by atoms with Gasteiger partial charge in [-0.25, -0.2) is 4.98 Å². The maximum absolute atomic E-state index is 6.62. The van der Waals surface area contributed by atoms with Crippen LogP contribution in [-0.4, -0.2) is 9.55 Å². The predicted octanol–water partition coefficient (Wildman–Crippen LogP) is 14.1. The zero-order valence-electron chi connectivity index (χ0n) is 36.1. The second-order valence-corrected chi connectivity index (χ2v) is 18.4. The fraction of sp³-hybridized carbons (Fsp3) is 0.200. The molecule has 0 saturated carbocycles. The van der Waals surface area contributed by atoms with Gasteiger partial charge in [0.15, 0.2) is 0 Å². The smallest absolute Gasteiger partial charge is 0.135 e. The zero-order chi connectivity index (χ0) is 41.8. The largest absolute Gasteiger partial charge is 0.509 e. The fourth-order valence-corrected chi connectivity index (χ4v) is 8.14. The van der Waals surface area contributed by atoms with E-state index in [9.17, 15) is 0 Å². The van der Waals surface area contributed by atoms with Gasteiger partial charge in [-0.2, -0.15) is 12.1 Å². The summed E-state index contributed by atoms with van der Waals surface area (Å²) in [6.07, 6.45) is 4.14. The van der Waals surface area contributed by atoms with E-state index in [0.29, 0.717) is 11.5 Å². The van der Waals surface area contributed by atoms with Crippen molar-refractivity contribution in [1.82, 2.24) is 9.55 Å². The molecule has 3 heterocycles. The van der Waals surface area contributed by atoms with E-state index in [0.717, 1.165) is 44.7 Å². The maximum atomic E-state index is 6.62. The summed E-state index contributed by atoms with van der Waals surface area (Å²) in [4.78, 5) is 9.36.